The monoisotopic (exact) mass is 255 g/mol. The van der Waals surface area contributed by atoms with Crippen LogP contribution in [0.25, 0.3) is 0 Å². The number of nitrogens with zero attached hydrogens (tertiary/aromatic N) is 1. The van der Waals surface area contributed by atoms with Crippen LogP contribution in [-0.2, 0) is 6.42 Å². The second-order valence-electron chi connectivity index (χ2n) is 5.32. The Morgan fingerprint density at radius 1 is 1.32 bits per heavy atom. The van der Waals surface area contributed by atoms with Crippen LogP contribution in [0.4, 0.5) is 0 Å². The standard InChI is InChI=1S/C15H13NO3/c17-15(18)13-14(19-7-16-13)12-10-6-5-8-3-1-2-4-9(8)11(10)12/h1-4,7,10-12H,5-6H2,(H,17,18). The van der Waals surface area contributed by atoms with Gasteiger partial charge in [0.2, 0.25) is 0 Å². The molecule has 3 atom stereocenters. The maximum atomic E-state index is 11.1. The molecule has 2 aromatic rings. The largest absolute Gasteiger partial charge is 0.476 e. The number of rotatable bonds is 2. The van der Waals surface area contributed by atoms with E-state index in [1.807, 2.05) is 0 Å². The van der Waals surface area contributed by atoms with Gasteiger partial charge in [-0.05, 0) is 35.8 Å². The van der Waals surface area contributed by atoms with Crippen molar-refractivity contribution in [1.29, 1.82) is 0 Å². The van der Waals surface area contributed by atoms with Crippen molar-refractivity contribution in [3.05, 3.63) is 53.2 Å². The third kappa shape index (κ3) is 1.46. The molecule has 4 nitrogen and oxygen atoms in total. The molecule has 0 spiro atoms. The molecule has 96 valence electrons. The van der Waals surface area contributed by atoms with Crippen molar-refractivity contribution >= 4 is 5.97 Å². The number of carboxylic acids is 1. The Labute approximate surface area is 110 Å². The molecule has 0 amide bonds. The van der Waals surface area contributed by atoms with Gasteiger partial charge in [0.25, 0.3) is 0 Å². The first kappa shape index (κ1) is 10.8. The average Bonchev–Trinajstić information content (AvgIpc) is 2.96. The summed E-state index contributed by atoms with van der Waals surface area (Å²) in [5, 5.41) is 9.14. The van der Waals surface area contributed by atoms with Crippen LogP contribution in [0.15, 0.2) is 35.1 Å². The van der Waals surface area contributed by atoms with Crippen molar-refractivity contribution in [1.82, 2.24) is 4.98 Å². The second kappa shape index (κ2) is 3.70. The zero-order valence-electron chi connectivity index (χ0n) is 10.2. The summed E-state index contributed by atoms with van der Waals surface area (Å²) in [4.78, 5) is 15.0. The summed E-state index contributed by atoms with van der Waals surface area (Å²) < 4.78 is 5.36. The molecule has 1 N–H and O–H groups in total. The number of aromatic carboxylic acids is 1. The number of hydrogen-bond donors (Lipinski definition) is 1. The number of aromatic nitrogens is 1. The molecule has 3 unspecified atom stereocenters. The van der Waals surface area contributed by atoms with Gasteiger partial charge in [0.1, 0.15) is 5.76 Å². The molecule has 0 bridgehead atoms. The quantitative estimate of drug-likeness (QED) is 0.896. The molecule has 0 aliphatic heterocycles. The smallest absolute Gasteiger partial charge is 0.358 e. The predicted octanol–water partition coefficient (Wildman–Crippen LogP) is 2.82. The molecule has 19 heavy (non-hydrogen) atoms. The topological polar surface area (TPSA) is 63.3 Å². The Kier molecular flexibility index (Phi) is 2.10. The Morgan fingerprint density at radius 2 is 2.16 bits per heavy atom. The first-order valence-electron chi connectivity index (χ1n) is 6.52. The number of benzene rings is 1. The Balaban J connectivity index is 1.74. The summed E-state index contributed by atoms with van der Waals surface area (Å²) in [5.41, 5.74) is 2.83. The van der Waals surface area contributed by atoms with Gasteiger partial charge in [0, 0.05) is 5.92 Å². The first-order valence-corrected chi connectivity index (χ1v) is 6.52. The van der Waals surface area contributed by atoms with Crippen molar-refractivity contribution in [3.63, 3.8) is 0 Å². The molecular weight excluding hydrogens is 242 g/mol. The van der Waals surface area contributed by atoms with Crippen LogP contribution in [-0.4, -0.2) is 16.1 Å². The van der Waals surface area contributed by atoms with Crippen LogP contribution >= 0.6 is 0 Å². The highest BCUT2D eigenvalue weighted by Gasteiger charge is 2.56. The van der Waals surface area contributed by atoms with E-state index < -0.39 is 5.97 Å². The van der Waals surface area contributed by atoms with Gasteiger partial charge in [0.05, 0.1) is 0 Å². The highest BCUT2D eigenvalue weighted by Crippen LogP contribution is 2.65. The van der Waals surface area contributed by atoms with Gasteiger partial charge in [-0.3, -0.25) is 0 Å². The summed E-state index contributed by atoms with van der Waals surface area (Å²) in [6.45, 7) is 0. The fourth-order valence-corrected chi connectivity index (χ4v) is 3.58. The number of oxazole rings is 1. The zero-order chi connectivity index (χ0) is 13.0. The van der Waals surface area contributed by atoms with Crippen molar-refractivity contribution in [2.45, 2.75) is 24.7 Å². The van der Waals surface area contributed by atoms with Gasteiger partial charge in [-0.1, -0.05) is 24.3 Å². The molecule has 1 fully saturated rings. The Morgan fingerprint density at radius 3 is 3.00 bits per heavy atom. The van der Waals surface area contributed by atoms with E-state index in [4.69, 9.17) is 9.52 Å². The average molecular weight is 255 g/mol. The van der Waals surface area contributed by atoms with E-state index in [0.717, 1.165) is 12.8 Å². The minimum Gasteiger partial charge on any atom is -0.476 e. The molecule has 0 radical (unpaired) electrons. The van der Waals surface area contributed by atoms with Crippen molar-refractivity contribution in [2.24, 2.45) is 5.92 Å². The molecule has 2 aliphatic carbocycles. The first-order chi connectivity index (χ1) is 9.27. The predicted molar refractivity (Wildman–Crippen MR) is 67.2 cm³/mol. The normalized spacial score (nSPS) is 27.5. The summed E-state index contributed by atoms with van der Waals surface area (Å²) in [6, 6.07) is 8.44. The number of carboxylic acid groups (broad SMARTS) is 1. The fraction of sp³-hybridized carbons (Fsp3) is 0.333. The van der Waals surface area contributed by atoms with Gasteiger partial charge in [-0.25, -0.2) is 9.78 Å². The second-order valence-corrected chi connectivity index (χ2v) is 5.32. The van der Waals surface area contributed by atoms with Crippen LogP contribution < -0.4 is 0 Å². The lowest BCUT2D eigenvalue weighted by atomic mass is 9.92. The van der Waals surface area contributed by atoms with Gasteiger partial charge in [-0.2, -0.15) is 0 Å². The summed E-state index contributed by atoms with van der Waals surface area (Å²) in [5.74, 6) is 0.675. The van der Waals surface area contributed by atoms with Crippen LogP contribution in [0.5, 0.6) is 0 Å². The molecule has 1 heterocycles. The van der Waals surface area contributed by atoms with E-state index in [1.165, 1.54) is 17.5 Å². The molecule has 1 aromatic carbocycles. The van der Waals surface area contributed by atoms with E-state index >= 15 is 0 Å². The number of fused-ring (bicyclic) bond motifs is 3. The SMILES string of the molecule is O=C(O)c1ncoc1C1C2CCc3ccccc3C21. The van der Waals surface area contributed by atoms with Crippen LogP contribution in [0, 0.1) is 5.92 Å². The maximum Gasteiger partial charge on any atom is 0.358 e. The molecule has 1 aromatic heterocycles. The lowest BCUT2D eigenvalue weighted by Crippen LogP contribution is -2.00. The fourth-order valence-electron chi connectivity index (χ4n) is 3.58. The van der Waals surface area contributed by atoms with Gasteiger partial charge in [-0.15, -0.1) is 0 Å². The number of hydrogen-bond acceptors (Lipinski definition) is 3. The van der Waals surface area contributed by atoms with E-state index in [0.29, 0.717) is 17.6 Å². The summed E-state index contributed by atoms with van der Waals surface area (Å²) >= 11 is 0. The van der Waals surface area contributed by atoms with E-state index in [1.54, 1.807) is 0 Å². The van der Waals surface area contributed by atoms with Crippen LogP contribution in [0.1, 0.15) is 45.6 Å². The Hall–Kier alpha value is -2.10. The lowest BCUT2D eigenvalue weighted by molar-refractivity contribution is 0.0688. The molecule has 1 saturated carbocycles. The Bertz CT molecular complexity index is 661. The maximum absolute atomic E-state index is 11.1. The van der Waals surface area contributed by atoms with Gasteiger partial charge >= 0.3 is 5.97 Å². The highest BCUT2D eigenvalue weighted by molar-refractivity contribution is 5.86. The van der Waals surface area contributed by atoms with E-state index in [-0.39, 0.29) is 11.6 Å². The lowest BCUT2D eigenvalue weighted by Gasteiger charge is -2.13. The zero-order valence-corrected chi connectivity index (χ0v) is 10.2. The third-order valence-electron chi connectivity index (χ3n) is 4.43. The molecule has 0 saturated heterocycles. The minimum atomic E-state index is -0.999. The third-order valence-corrected chi connectivity index (χ3v) is 4.43. The molecule has 2 aliphatic rings. The molecule has 4 heteroatoms. The van der Waals surface area contributed by atoms with Crippen molar-refractivity contribution < 1.29 is 14.3 Å². The highest BCUT2D eigenvalue weighted by atomic mass is 16.4. The summed E-state index contributed by atoms with van der Waals surface area (Å²) in [7, 11) is 0. The van der Waals surface area contributed by atoms with Crippen molar-refractivity contribution in [2.75, 3.05) is 0 Å². The van der Waals surface area contributed by atoms with Gasteiger partial charge < -0.3 is 9.52 Å². The van der Waals surface area contributed by atoms with Crippen LogP contribution in [0.2, 0.25) is 0 Å². The molecular formula is C15H13NO3. The number of aryl methyl sites for hydroxylation is 1. The number of carbonyl (C=O) groups is 1. The summed E-state index contributed by atoms with van der Waals surface area (Å²) in [6.07, 6.45) is 3.42. The molecule has 4 rings (SSSR count). The van der Waals surface area contributed by atoms with Crippen LogP contribution in [0.3, 0.4) is 0 Å². The van der Waals surface area contributed by atoms with Crippen molar-refractivity contribution in [3.8, 4) is 0 Å². The minimum absolute atomic E-state index is 0.0804. The van der Waals surface area contributed by atoms with Gasteiger partial charge in [0.15, 0.2) is 12.1 Å². The van der Waals surface area contributed by atoms with E-state index in [2.05, 4.69) is 29.2 Å². The van der Waals surface area contributed by atoms with E-state index in [9.17, 15) is 4.79 Å².